The lowest BCUT2D eigenvalue weighted by molar-refractivity contribution is -0.113. The van der Waals surface area contributed by atoms with E-state index in [1.54, 1.807) is 4.68 Å². The normalized spacial score (nSPS) is 10.6. The lowest BCUT2D eigenvalue weighted by atomic mass is 10.1. The molecular weight excluding hydrogens is 334 g/mol. The Labute approximate surface area is 150 Å². The largest absolute Gasteiger partial charge is 0.325 e. The van der Waals surface area contributed by atoms with Crippen molar-refractivity contribution in [3.05, 3.63) is 59.7 Å². The van der Waals surface area contributed by atoms with E-state index < -0.39 is 0 Å². The highest BCUT2D eigenvalue weighted by Crippen LogP contribution is 2.20. The first-order valence-electron chi connectivity index (χ1n) is 8.03. The first-order chi connectivity index (χ1) is 12.2. The average molecular weight is 353 g/mol. The lowest BCUT2D eigenvalue weighted by Crippen LogP contribution is -2.15. The number of rotatable bonds is 6. The van der Waals surface area contributed by atoms with Crippen molar-refractivity contribution >= 4 is 23.4 Å². The zero-order valence-corrected chi connectivity index (χ0v) is 15.0. The number of aryl methyl sites for hydroxylation is 2. The molecule has 3 aromatic rings. The fourth-order valence-corrected chi connectivity index (χ4v) is 3.15. The predicted molar refractivity (Wildman–Crippen MR) is 99.1 cm³/mol. The van der Waals surface area contributed by atoms with Gasteiger partial charge in [-0.05, 0) is 53.1 Å². The zero-order chi connectivity index (χ0) is 17.6. The molecule has 0 spiro atoms. The summed E-state index contributed by atoms with van der Waals surface area (Å²) in [7, 11) is 0. The fourth-order valence-electron chi connectivity index (χ4n) is 2.46. The molecular formula is C18H19N5OS. The number of thioether (sulfide) groups is 1. The summed E-state index contributed by atoms with van der Waals surface area (Å²) in [6.07, 6.45) is 0.870. The highest BCUT2D eigenvalue weighted by Gasteiger charge is 2.12. The summed E-state index contributed by atoms with van der Waals surface area (Å²) in [4.78, 5) is 12.3. The third kappa shape index (κ3) is 4.24. The number of nitrogens with one attached hydrogen (secondary N) is 1. The van der Waals surface area contributed by atoms with Gasteiger partial charge in [-0.3, -0.25) is 4.79 Å². The molecule has 0 unspecified atom stereocenters. The van der Waals surface area contributed by atoms with E-state index in [4.69, 9.17) is 0 Å². The number of anilines is 1. The van der Waals surface area contributed by atoms with Crippen molar-refractivity contribution < 1.29 is 4.79 Å². The molecule has 0 aliphatic rings. The van der Waals surface area contributed by atoms with Crippen LogP contribution in [0.5, 0.6) is 0 Å². The molecule has 1 amide bonds. The van der Waals surface area contributed by atoms with Crippen molar-refractivity contribution in [2.75, 3.05) is 11.1 Å². The van der Waals surface area contributed by atoms with E-state index in [1.807, 2.05) is 55.5 Å². The minimum Gasteiger partial charge on any atom is -0.325 e. The van der Waals surface area contributed by atoms with Crippen LogP contribution in [0.25, 0.3) is 5.69 Å². The Hall–Kier alpha value is -2.67. The van der Waals surface area contributed by atoms with E-state index in [9.17, 15) is 4.79 Å². The Bertz CT molecular complexity index is 877. The van der Waals surface area contributed by atoms with Gasteiger partial charge >= 0.3 is 0 Å². The molecule has 6 nitrogen and oxygen atoms in total. The van der Waals surface area contributed by atoms with Crippen LogP contribution in [0.3, 0.4) is 0 Å². The van der Waals surface area contributed by atoms with E-state index in [1.165, 1.54) is 11.8 Å². The Kier molecular flexibility index (Phi) is 5.45. The Balaban J connectivity index is 1.66. The van der Waals surface area contributed by atoms with Crippen LogP contribution < -0.4 is 5.32 Å². The summed E-state index contributed by atoms with van der Waals surface area (Å²) >= 11 is 1.31. The van der Waals surface area contributed by atoms with Crippen LogP contribution in [0.1, 0.15) is 18.1 Å². The molecule has 1 N–H and O–H groups in total. The number of benzene rings is 2. The maximum atomic E-state index is 12.3. The molecule has 0 aliphatic heterocycles. The summed E-state index contributed by atoms with van der Waals surface area (Å²) in [5.41, 5.74) is 3.97. The van der Waals surface area contributed by atoms with Crippen molar-refractivity contribution in [1.82, 2.24) is 20.2 Å². The number of carbonyl (C=O) groups excluding carboxylic acids is 1. The maximum Gasteiger partial charge on any atom is 0.234 e. The van der Waals surface area contributed by atoms with Gasteiger partial charge in [-0.2, -0.15) is 4.68 Å². The van der Waals surface area contributed by atoms with Crippen molar-refractivity contribution in [2.45, 2.75) is 25.4 Å². The molecule has 0 saturated carbocycles. The summed E-state index contributed by atoms with van der Waals surface area (Å²) in [6, 6.07) is 15.7. The van der Waals surface area contributed by atoms with E-state index >= 15 is 0 Å². The first-order valence-corrected chi connectivity index (χ1v) is 9.02. The second-order valence-electron chi connectivity index (χ2n) is 5.56. The number of tetrazole rings is 1. The molecule has 0 fully saturated rings. The molecule has 0 aliphatic carbocycles. The van der Waals surface area contributed by atoms with Crippen LogP contribution >= 0.6 is 11.8 Å². The second kappa shape index (κ2) is 7.94. The molecule has 0 atom stereocenters. The van der Waals surface area contributed by atoms with Crippen LogP contribution in [0.2, 0.25) is 0 Å². The van der Waals surface area contributed by atoms with Gasteiger partial charge in [0.1, 0.15) is 0 Å². The quantitative estimate of drug-likeness (QED) is 0.689. The van der Waals surface area contributed by atoms with Crippen molar-refractivity contribution in [3.8, 4) is 5.69 Å². The maximum absolute atomic E-state index is 12.3. The first kappa shape index (κ1) is 17.2. The van der Waals surface area contributed by atoms with Gasteiger partial charge in [-0.1, -0.05) is 49.0 Å². The number of hydrogen-bond donors (Lipinski definition) is 1. The number of nitrogens with zero attached hydrogens (tertiary/aromatic N) is 4. The lowest BCUT2D eigenvalue weighted by Gasteiger charge is -2.09. The van der Waals surface area contributed by atoms with Crippen LogP contribution in [0, 0.1) is 6.92 Å². The van der Waals surface area contributed by atoms with E-state index in [0.717, 1.165) is 28.9 Å². The van der Waals surface area contributed by atoms with Crippen molar-refractivity contribution in [2.24, 2.45) is 0 Å². The molecule has 1 aromatic heterocycles. The highest BCUT2D eigenvalue weighted by molar-refractivity contribution is 7.99. The Morgan fingerprint density at radius 3 is 2.84 bits per heavy atom. The van der Waals surface area contributed by atoms with Gasteiger partial charge in [0, 0.05) is 5.69 Å². The van der Waals surface area contributed by atoms with Crippen LogP contribution in [-0.2, 0) is 11.2 Å². The summed E-state index contributed by atoms with van der Waals surface area (Å²) in [6.45, 7) is 4.08. The molecule has 3 rings (SSSR count). The summed E-state index contributed by atoms with van der Waals surface area (Å²) < 4.78 is 1.64. The van der Waals surface area contributed by atoms with Crippen LogP contribution in [0.4, 0.5) is 5.69 Å². The third-order valence-electron chi connectivity index (χ3n) is 3.69. The molecule has 0 bridgehead atoms. The number of aromatic nitrogens is 4. The Morgan fingerprint density at radius 2 is 2.04 bits per heavy atom. The molecule has 0 radical (unpaired) electrons. The smallest absolute Gasteiger partial charge is 0.234 e. The van der Waals surface area contributed by atoms with Gasteiger partial charge in [0.05, 0.1) is 11.4 Å². The number of carbonyl (C=O) groups is 1. The minimum atomic E-state index is -0.0790. The number of para-hydroxylation sites is 1. The number of hydrogen-bond acceptors (Lipinski definition) is 5. The zero-order valence-electron chi connectivity index (χ0n) is 14.1. The third-order valence-corrected chi connectivity index (χ3v) is 4.61. The van der Waals surface area contributed by atoms with Gasteiger partial charge in [0.25, 0.3) is 0 Å². The minimum absolute atomic E-state index is 0.0790. The SMILES string of the molecule is CCc1ccccc1NC(=O)CSc1nnnn1-c1cccc(C)c1. The molecule has 2 aromatic carbocycles. The van der Waals surface area contributed by atoms with Crippen molar-refractivity contribution in [1.29, 1.82) is 0 Å². The van der Waals surface area contributed by atoms with E-state index in [-0.39, 0.29) is 11.7 Å². The van der Waals surface area contributed by atoms with Gasteiger partial charge < -0.3 is 5.32 Å². The molecule has 1 heterocycles. The molecule has 25 heavy (non-hydrogen) atoms. The summed E-state index contributed by atoms with van der Waals surface area (Å²) in [5.74, 6) is 0.161. The Morgan fingerprint density at radius 1 is 1.20 bits per heavy atom. The molecule has 7 heteroatoms. The predicted octanol–water partition coefficient (Wildman–Crippen LogP) is 3.26. The van der Waals surface area contributed by atoms with E-state index in [2.05, 4.69) is 27.8 Å². The topological polar surface area (TPSA) is 72.7 Å². The standard InChI is InChI=1S/C18H19N5OS/c1-3-14-8-4-5-10-16(14)19-17(24)12-25-18-20-21-22-23(18)15-9-6-7-13(2)11-15/h4-11H,3,12H2,1-2H3,(H,19,24). The monoisotopic (exact) mass is 353 g/mol. The van der Waals surface area contributed by atoms with Crippen LogP contribution in [0.15, 0.2) is 53.7 Å². The van der Waals surface area contributed by atoms with E-state index in [0.29, 0.717) is 5.16 Å². The van der Waals surface area contributed by atoms with Crippen molar-refractivity contribution in [3.63, 3.8) is 0 Å². The fraction of sp³-hybridized carbons (Fsp3) is 0.222. The molecule has 0 saturated heterocycles. The highest BCUT2D eigenvalue weighted by atomic mass is 32.2. The van der Waals surface area contributed by atoms with Gasteiger partial charge in [-0.15, -0.1) is 5.10 Å². The van der Waals surface area contributed by atoms with Gasteiger partial charge in [0.15, 0.2) is 0 Å². The van der Waals surface area contributed by atoms with Gasteiger partial charge in [-0.25, -0.2) is 0 Å². The second-order valence-corrected chi connectivity index (χ2v) is 6.50. The van der Waals surface area contributed by atoms with Gasteiger partial charge in [0.2, 0.25) is 11.1 Å². The average Bonchev–Trinajstić information content (AvgIpc) is 3.09. The van der Waals surface area contributed by atoms with Crippen LogP contribution in [-0.4, -0.2) is 31.9 Å². The number of amides is 1. The molecule has 128 valence electrons. The summed E-state index contributed by atoms with van der Waals surface area (Å²) in [5, 5.41) is 15.3.